The Morgan fingerprint density at radius 1 is 1.17 bits per heavy atom. The van der Waals surface area contributed by atoms with E-state index in [0.29, 0.717) is 18.2 Å². The van der Waals surface area contributed by atoms with Crippen LogP contribution in [0.15, 0.2) is 36.4 Å². The van der Waals surface area contributed by atoms with Crippen molar-refractivity contribution in [2.24, 2.45) is 0 Å². The molecule has 0 aliphatic carbocycles. The second kappa shape index (κ2) is 8.40. The first-order valence-corrected chi connectivity index (χ1v) is 8.12. The maximum atomic E-state index is 12.9. The molecule has 2 rings (SSSR count). The van der Waals surface area contributed by atoms with E-state index in [9.17, 15) is 4.79 Å². The zero-order chi connectivity index (χ0) is 17.5. The van der Waals surface area contributed by atoms with E-state index in [2.05, 4.69) is 20.2 Å². The van der Waals surface area contributed by atoms with Gasteiger partial charge in [0.25, 0.3) is 5.91 Å². The fourth-order valence-corrected chi connectivity index (χ4v) is 2.34. The van der Waals surface area contributed by atoms with E-state index >= 15 is 0 Å². The van der Waals surface area contributed by atoms with Crippen LogP contribution in [-0.4, -0.2) is 54.5 Å². The van der Waals surface area contributed by atoms with Gasteiger partial charge in [-0.1, -0.05) is 18.2 Å². The van der Waals surface area contributed by atoms with E-state index < -0.39 is 0 Å². The molecule has 0 saturated carbocycles. The fourth-order valence-electron chi connectivity index (χ4n) is 2.34. The number of likely N-dealkylation sites (N-methyl/N-ethyl adjacent to an activating group) is 1. The molecule has 1 aromatic carbocycles. The van der Waals surface area contributed by atoms with Gasteiger partial charge in [0.1, 0.15) is 5.69 Å². The standard InChI is InChI=1S/C18H25N5O/c1-5-23(15-9-7-6-8-10-15)17(24)16-13-14(2)20-18(21-16)19-11-12-22(3)4/h6-10,13H,5,11-12H2,1-4H3,(H,19,20,21). The summed E-state index contributed by atoms with van der Waals surface area (Å²) in [6.45, 7) is 5.99. The molecule has 1 heterocycles. The molecule has 0 radical (unpaired) electrons. The van der Waals surface area contributed by atoms with Crippen LogP contribution >= 0.6 is 0 Å². The number of nitrogens with zero attached hydrogens (tertiary/aromatic N) is 4. The van der Waals surface area contributed by atoms with Crippen molar-refractivity contribution in [2.75, 3.05) is 43.9 Å². The number of hydrogen-bond acceptors (Lipinski definition) is 5. The predicted octanol–water partition coefficient (Wildman–Crippen LogP) is 2.43. The third-order valence-corrected chi connectivity index (χ3v) is 3.54. The number of carbonyl (C=O) groups is 1. The lowest BCUT2D eigenvalue weighted by atomic mass is 10.2. The van der Waals surface area contributed by atoms with Gasteiger partial charge < -0.3 is 15.1 Å². The van der Waals surface area contributed by atoms with E-state index in [1.807, 2.05) is 58.3 Å². The number of para-hydroxylation sites is 1. The van der Waals surface area contributed by atoms with Crippen molar-refractivity contribution < 1.29 is 4.79 Å². The zero-order valence-corrected chi connectivity index (χ0v) is 14.8. The predicted molar refractivity (Wildman–Crippen MR) is 97.6 cm³/mol. The van der Waals surface area contributed by atoms with Gasteiger partial charge in [0.15, 0.2) is 0 Å². The summed E-state index contributed by atoms with van der Waals surface area (Å²) >= 11 is 0. The topological polar surface area (TPSA) is 61.4 Å². The minimum Gasteiger partial charge on any atom is -0.353 e. The Kier molecular flexibility index (Phi) is 6.26. The van der Waals surface area contributed by atoms with Crippen LogP contribution in [0.2, 0.25) is 0 Å². The van der Waals surface area contributed by atoms with Crippen molar-refractivity contribution in [1.29, 1.82) is 0 Å². The molecular weight excluding hydrogens is 302 g/mol. The highest BCUT2D eigenvalue weighted by atomic mass is 16.2. The fraction of sp³-hybridized carbons (Fsp3) is 0.389. The molecule has 1 N–H and O–H groups in total. The highest BCUT2D eigenvalue weighted by Crippen LogP contribution is 2.16. The van der Waals surface area contributed by atoms with Gasteiger partial charge in [0.2, 0.25) is 5.95 Å². The SMILES string of the molecule is CCN(C(=O)c1cc(C)nc(NCCN(C)C)n1)c1ccccc1. The lowest BCUT2D eigenvalue weighted by Gasteiger charge is -2.21. The molecule has 0 fully saturated rings. The van der Waals surface area contributed by atoms with E-state index in [0.717, 1.165) is 24.5 Å². The van der Waals surface area contributed by atoms with Crippen molar-refractivity contribution in [3.8, 4) is 0 Å². The summed E-state index contributed by atoms with van der Waals surface area (Å²) in [4.78, 5) is 25.4. The van der Waals surface area contributed by atoms with Gasteiger partial charge in [0.05, 0.1) is 0 Å². The molecule has 0 bridgehead atoms. The third-order valence-electron chi connectivity index (χ3n) is 3.54. The van der Waals surface area contributed by atoms with Gasteiger partial charge in [-0.25, -0.2) is 9.97 Å². The van der Waals surface area contributed by atoms with Gasteiger partial charge in [-0.3, -0.25) is 4.79 Å². The molecule has 128 valence electrons. The summed E-state index contributed by atoms with van der Waals surface area (Å²) in [5.41, 5.74) is 2.04. The number of hydrogen-bond donors (Lipinski definition) is 1. The van der Waals surface area contributed by atoms with Crippen molar-refractivity contribution in [2.45, 2.75) is 13.8 Å². The van der Waals surface area contributed by atoms with Crippen molar-refractivity contribution >= 4 is 17.5 Å². The Morgan fingerprint density at radius 3 is 2.50 bits per heavy atom. The van der Waals surface area contributed by atoms with E-state index in [1.165, 1.54) is 0 Å². The first-order chi connectivity index (χ1) is 11.5. The van der Waals surface area contributed by atoms with Crippen LogP contribution in [0, 0.1) is 6.92 Å². The third kappa shape index (κ3) is 4.76. The van der Waals surface area contributed by atoms with Gasteiger partial charge in [-0.2, -0.15) is 0 Å². The second-order valence-electron chi connectivity index (χ2n) is 5.83. The molecule has 24 heavy (non-hydrogen) atoms. The number of carbonyl (C=O) groups excluding carboxylic acids is 1. The van der Waals surface area contributed by atoms with Crippen molar-refractivity contribution in [3.05, 3.63) is 47.8 Å². The molecule has 1 aromatic heterocycles. The van der Waals surface area contributed by atoms with Crippen molar-refractivity contribution in [3.63, 3.8) is 0 Å². The lowest BCUT2D eigenvalue weighted by Crippen LogP contribution is -2.31. The van der Waals surface area contributed by atoms with Crippen LogP contribution in [-0.2, 0) is 0 Å². The number of amides is 1. The minimum absolute atomic E-state index is 0.121. The minimum atomic E-state index is -0.121. The molecule has 0 aliphatic heterocycles. The molecule has 0 spiro atoms. The Balaban J connectivity index is 2.20. The summed E-state index contributed by atoms with van der Waals surface area (Å²) in [6, 6.07) is 11.3. The molecule has 0 unspecified atom stereocenters. The first kappa shape index (κ1) is 17.9. The van der Waals surface area contributed by atoms with Crippen LogP contribution < -0.4 is 10.2 Å². The summed E-state index contributed by atoms with van der Waals surface area (Å²) in [7, 11) is 4.01. The lowest BCUT2D eigenvalue weighted by molar-refractivity contribution is 0.0983. The Hall–Kier alpha value is -2.47. The average Bonchev–Trinajstić information content (AvgIpc) is 2.55. The average molecular weight is 327 g/mol. The summed E-state index contributed by atoms with van der Waals surface area (Å²) in [5.74, 6) is 0.370. The molecular formula is C18H25N5O. The first-order valence-electron chi connectivity index (χ1n) is 8.12. The Labute approximate surface area is 143 Å². The molecule has 0 aliphatic rings. The number of benzene rings is 1. The highest BCUT2D eigenvalue weighted by Gasteiger charge is 2.18. The number of anilines is 2. The van der Waals surface area contributed by atoms with Crippen LogP contribution in [0.1, 0.15) is 23.1 Å². The summed E-state index contributed by atoms with van der Waals surface area (Å²) in [6.07, 6.45) is 0. The van der Waals surface area contributed by atoms with E-state index in [4.69, 9.17) is 0 Å². The van der Waals surface area contributed by atoms with Gasteiger partial charge >= 0.3 is 0 Å². The second-order valence-corrected chi connectivity index (χ2v) is 5.83. The van der Waals surface area contributed by atoms with Crippen LogP contribution in [0.4, 0.5) is 11.6 Å². The zero-order valence-electron chi connectivity index (χ0n) is 14.8. The van der Waals surface area contributed by atoms with Crippen LogP contribution in [0.3, 0.4) is 0 Å². The Morgan fingerprint density at radius 2 is 1.88 bits per heavy atom. The van der Waals surface area contributed by atoms with Crippen LogP contribution in [0.5, 0.6) is 0 Å². The Bertz CT molecular complexity index is 672. The molecule has 6 heteroatoms. The van der Waals surface area contributed by atoms with Crippen LogP contribution in [0.25, 0.3) is 0 Å². The van der Waals surface area contributed by atoms with Gasteiger partial charge in [-0.15, -0.1) is 0 Å². The quantitative estimate of drug-likeness (QED) is 0.846. The smallest absolute Gasteiger partial charge is 0.277 e. The number of aryl methyl sites for hydroxylation is 1. The summed E-state index contributed by atoms with van der Waals surface area (Å²) < 4.78 is 0. The van der Waals surface area contributed by atoms with Gasteiger partial charge in [0, 0.05) is 31.0 Å². The number of rotatable bonds is 7. The number of nitrogens with one attached hydrogen (secondary N) is 1. The molecule has 0 saturated heterocycles. The monoisotopic (exact) mass is 327 g/mol. The highest BCUT2D eigenvalue weighted by molar-refractivity contribution is 6.04. The van der Waals surface area contributed by atoms with E-state index in [1.54, 1.807) is 11.0 Å². The van der Waals surface area contributed by atoms with Gasteiger partial charge in [-0.05, 0) is 46.1 Å². The van der Waals surface area contributed by atoms with Crippen molar-refractivity contribution in [1.82, 2.24) is 14.9 Å². The number of aromatic nitrogens is 2. The molecule has 0 atom stereocenters. The largest absolute Gasteiger partial charge is 0.353 e. The molecule has 2 aromatic rings. The normalized spacial score (nSPS) is 10.7. The maximum Gasteiger partial charge on any atom is 0.277 e. The maximum absolute atomic E-state index is 12.9. The molecule has 1 amide bonds. The molecule has 6 nitrogen and oxygen atoms in total. The van der Waals surface area contributed by atoms with E-state index in [-0.39, 0.29) is 5.91 Å². The summed E-state index contributed by atoms with van der Waals surface area (Å²) in [5, 5.41) is 3.17.